The standard InChI is InChI=1S/C26H27N7O4S/c1-6-16-19-21(27)29-12-30-22(19)33(32-16)13(2)20-18(14-9-7-8-10-15(14)23(34)36-20)17-11-28-24(38-17)31-25(35)37-26(3,4)5/h7-13H,6H2,1-5H3,(H2,27,29,30)(H,28,31,35). The molecule has 5 rings (SSSR count). The van der Waals surface area contributed by atoms with Crippen LogP contribution in [0.2, 0.25) is 0 Å². The molecule has 0 saturated heterocycles. The van der Waals surface area contributed by atoms with Gasteiger partial charge in [0.25, 0.3) is 0 Å². The summed E-state index contributed by atoms with van der Waals surface area (Å²) in [5.74, 6) is 0.719. The first-order chi connectivity index (χ1) is 18.1. The molecular formula is C26H27N7O4S. The second kappa shape index (κ2) is 9.53. The fraction of sp³-hybridized carbons (Fsp3) is 0.308. The van der Waals surface area contributed by atoms with E-state index in [2.05, 4.69) is 20.3 Å². The molecule has 0 aliphatic carbocycles. The normalized spacial score (nSPS) is 12.7. The highest BCUT2D eigenvalue weighted by molar-refractivity contribution is 7.19. The van der Waals surface area contributed by atoms with Crippen molar-refractivity contribution in [3.63, 3.8) is 0 Å². The number of nitrogens with one attached hydrogen (secondary N) is 1. The zero-order valence-corrected chi connectivity index (χ0v) is 22.4. The van der Waals surface area contributed by atoms with E-state index >= 15 is 0 Å². The molecule has 4 heterocycles. The quantitative estimate of drug-likeness (QED) is 0.312. The summed E-state index contributed by atoms with van der Waals surface area (Å²) in [5, 5.41) is 9.58. The van der Waals surface area contributed by atoms with Gasteiger partial charge in [0.15, 0.2) is 10.8 Å². The maximum atomic E-state index is 13.1. The molecular weight excluding hydrogens is 506 g/mol. The summed E-state index contributed by atoms with van der Waals surface area (Å²) in [5.41, 5.74) is 7.00. The van der Waals surface area contributed by atoms with Gasteiger partial charge in [0.05, 0.1) is 21.3 Å². The number of carbonyl (C=O) groups excluding carboxylic acids is 1. The van der Waals surface area contributed by atoms with Crippen LogP contribution >= 0.6 is 11.3 Å². The molecule has 0 bridgehead atoms. The molecule has 0 aliphatic heterocycles. The van der Waals surface area contributed by atoms with Crippen LogP contribution in [-0.2, 0) is 11.2 Å². The van der Waals surface area contributed by atoms with E-state index in [9.17, 15) is 9.59 Å². The lowest BCUT2D eigenvalue weighted by Gasteiger charge is -2.19. The maximum absolute atomic E-state index is 13.1. The van der Waals surface area contributed by atoms with E-state index in [0.717, 1.165) is 5.69 Å². The smallest absolute Gasteiger partial charge is 0.413 e. The summed E-state index contributed by atoms with van der Waals surface area (Å²) >= 11 is 1.24. The minimum atomic E-state index is -0.650. The molecule has 0 saturated carbocycles. The van der Waals surface area contributed by atoms with Gasteiger partial charge < -0.3 is 14.9 Å². The fourth-order valence-corrected chi connectivity index (χ4v) is 5.17. The lowest BCUT2D eigenvalue weighted by Crippen LogP contribution is -2.27. The van der Waals surface area contributed by atoms with Crippen molar-refractivity contribution in [3.05, 3.63) is 58.7 Å². The molecule has 3 N–H and O–H groups in total. The van der Waals surface area contributed by atoms with E-state index in [0.29, 0.717) is 55.4 Å². The number of amides is 1. The number of fused-ring (bicyclic) bond motifs is 2. The van der Waals surface area contributed by atoms with Gasteiger partial charge in [-0.25, -0.2) is 29.2 Å². The van der Waals surface area contributed by atoms with E-state index in [1.54, 1.807) is 43.8 Å². The van der Waals surface area contributed by atoms with Gasteiger partial charge in [0.1, 0.15) is 29.5 Å². The van der Waals surface area contributed by atoms with Gasteiger partial charge in [-0.2, -0.15) is 5.10 Å². The predicted octanol–water partition coefficient (Wildman–Crippen LogP) is 5.16. The average Bonchev–Trinajstić information content (AvgIpc) is 3.47. The van der Waals surface area contributed by atoms with Crippen LogP contribution in [0.1, 0.15) is 52.1 Å². The van der Waals surface area contributed by atoms with Gasteiger partial charge in [-0.15, -0.1) is 0 Å². The summed E-state index contributed by atoms with van der Waals surface area (Å²) in [7, 11) is 0. The number of hydrogen-bond donors (Lipinski definition) is 2. The summed E-state index contributed by atoms with van der Waals surface area (Å²) in [6, 6.07) is 6.67. The number of anilines is 2. The molecule has 1 amide bonds. The van der Waals surface area contributed by atoms with E-state index in [1.165, 1.54) is 17.7 Å². The van der Waals surface area contributed by atoms with Crippen LogP contribution in [0.3, 0.4) is 0 Å². The monoisotopic (exact) mass is 533 g/mol. The van der Waals surface area contributed by atoms with Gasteiger partial charge in [-0.1, -0.05) is 36.5 Å². The van der Waals surface area contributed by atoms with Crippen molar-refractivity contribution >= 4 is 50.2 Å². The zero-order chi connectivity index (χ0) is 27.2. The number of rotatable bonds is 5. The number of nitrogens with two attached hydrogens (primary N) is 1. The van der Waals surface area contributed by atoms with Gasteiger partial charge in [0, 0.05) is 17.1 Å². The van der Waals surface area contributed by atoms with Crippen molar-refractivity contribution in [2.75, 3.05) is 11.1 Å². The molecule has 0 radical (unpaired) electrons. The number of thiazole rings is 1. The number of hydrogen-bond acceptors (Lipinski definition) is 10. The number of nitrogen functional groups attached to an aromatic ring is 1. The number of ether oxygens (including phenoxy) is 1. The maximum Gasteiger partial charge on any atom is 0.413 e. The number of carbonyl (C=O) groups is 1. The third kappa shape index (κ3) is 4.58. The van der Waals surface area contributed by atoms with Gasteiger partial charge in [-0.3, -0.25) is 5.32 Å². The molecule has 38 heavy (non-hydrogen) atoms. The second-order valence-electron chi connectivity index (χ2n) is 9.71. The van der Waals surface area contributed by atoms with Crippen molar-refractivity contribution in [2.45, 2.75) is 52.7 Å². The Morgan fingerprint density at radius 2 is 1.95 bits per heavy atom. The Kier molecular flexibility index (Phi) is 6.35. The molecule has 0 aliphatic rings. The first kappa shape index (κ1) is 25.3. The summed E-state index contributed by atoms with van der Waals surface area (Å²) in [4.78, 5) is 39.0. The first-order valence-electron chi connectivity index (χ1n) is 12.1. The highest BCUT2D eigenvalue weighted by Crippen LogP contribution is 2.40. The number of aryl methyl sites for hydroxylation is 1. The molecule has 12 heteroatoms. The topological polar surface area (TPSA) is 151 Å². The van der Waals surface area contributed by atoms with Crippen LogP contribution in [0.25, 0.3) is 32.2 Å². The molecule has 4 aromatic heterocycles. The Bertz CT molecular complexity index is 1730. The highest BCUT2D eigenvalue weighted by atomic mass is 32.1. The van der Waals surface area contributed by atoms with Crippen LogP contribution in [0.4, 0.5) is 15.7 Å². The Morgan fingerprint density at radius 1 is 1.21 bits per heavy atom. The molecule has 11 nitrogen and oxygen atoms in total. The summed E-state index contributed by atoms with van der Waals surface area (Å²) in [6.07, 6.45) is 3.03. The van der Waals surface area contributed by atoms with Crippen molar-refractivity contribution in [3.8, 4) is 10.4 Å². The third-order valence-electron chi connectivity index (χ3n) is 5.90. The summed E-state index contributed by atoms with van der Waals surface area (Å²) in [6.45, 7) is 9.20. The van der Waals surface area contributed by atoms with Crippen LogP contribution in [0, 0.1) is 0 Å². The van der Waals surface area contributed by atoms with Crippen molar-refractivity contribution in [1.29, 1.82) is 0 Å². The Hall–Kier alpha value is -4.32. The number of benzene rings is 1. The van der Waals surface area contributed by atoms with Gasteiger partial charge in [0.2, 0.25) is 0 Å². The summed E-state index contributed by atoms with van der Waals surface area (Å²) < 4.78 is 13.0. The van der Waals surface area contributed by atoms with E-state index in [1.807, 2.05) is 26.0 Å². The van der Waals surface area contributed by atoms with Crippen LogP contribution in [0.5, 0.6) is 0 Å². The van der Waals surface area contributed by atoms with Crippen LogP contribution in [0.15, 0.2) is 46.0 Å². The molecule has 0 spiro atoms. The Morgan fingerprint density at radius 3 is 2.66 bits per heavy atom. The largest absolute Gasteiger partial charge is 0.444 e. The molecule has 196 valence electrons. The molecule has 5 aromatic rings. The Balaban J connectivity index is 1.67. The number of nitrogens with zero attached hydrogens (tertiary/aromatic N) is 5. The van der Waals surface area contributed by atoms with E-state index in [-0.39, 0.29) is 0 Å². The lowest BCUT2D eigenvalue weighted by atomic mass is 10.0. The fourth-order valence-electron chi connectivity index (χ4n) is 4.30. The minimum absolute atomic E-state index is 0.339. The van der Waals surface area contributed by atoms with Crippen molar-refractivity contribution in [1.82, 2.24) is 24.7 Å². The van der Waals surface area contributed by atoms with Gasteiger partial charge >= 0.3 is 11.7 Å². The van der Waals surface area contributed by atoms with E-state index < -0.39 is 23.4 Å². The van der Waals surface area contributed by atoms with Gasteiger partial charge in [-0.05, 0) is 40.2 Å². The average molecular weight is 534 g/mol. The first-order valence-corrected chi connectivity index (χ1v) is 12.9. The molecule has 1 atom stereocenters. The molecule has 0 fully saturated rings. The second-order valence-corrected chi connectivity index (χ2v) is 10.7. The number of aromatic nitrogens is 5. The Labute approximate surface area is 221 Å². The van der Waals surface area contributed by atoms with Crippen molar-refractivity contribution < 1.29 is 13.9 Å². The van der Waals surface area contributed by atoms with Crippen molar-refractivity contribution in [2.24, 2.45) is 0 Å². The van der Waals surface area contributed by atoms with Crippen LogP contribution in [-0.4, -0.2) is 36.4 Å². The molecule has 1 unspecified atom stereocenters. The third-order valence-corrected chi connectivity index (χ3v) is 6.83. The lowest BCUT2D eigenvalue weighted by molar-refractivity contribution is 0.0636. The minimum Gasteiger partial charge on any atom is -0.444 e. The highest BCUT2D eigenvalue weighted by Gasteiger charge is 2.27. The predicted molar refractivity (Wildman–Crippen MR) is 146 cm³/mol. The zero-order valence-electron chi connectivity index (χ0n) is 21.6. The van der Waals surface area contributed by atoms with Crippen LogP contribution < -0.4 is 16.7 Å². The SMILES string of the molecule is CCc1nn(C(C)c2oc(=O)c3ccccc3c2-c2cnc(NC(=O)OC(C)(C)C)s2)c2ncnc(N)c12. The molecule has 1 aromatic carbocycles. The van der Waals surface area contributed by atoms with E-state index in [4.69, 9.17) is 20.0 Å².